The third kappa shape index (κ3) is 6.99. The fourth-order valence-corrected chi connectivity index (χ4v) is 3.83. The topological polar surface area (TPSA) is 104 Å². The Kier molecular flexibility index (Phi) is 8.59. The first kappa shape index (κ1) is 23.6. The fraction of sp³-hybridized carbons (Fsp3) is 0.348. The van der Waals surface area contributed by atoms with E-state index in [0.717, 1.165) is 51.8 Å². The van der Waals surface area contributed by atoms with Crippen LogP contribution in [0.4, 0.5) is 5.69 Å². The van der Waals surface area contributed by atoms with Crippen LogP contribution in [0.2, 0.25) is 0 Å². The molecule has 2 aromatic rings. The highest BCUT2D eigenvalue weighted by Gasteiger charge is 2.27. The van der Waals surface area contributed by atoms with Crippen LogP contribution in [-0.4, -0.2) is 24.2 Å². The summed E-state index contributed by atoms with van der Waals surface area (Å²) in [6.07, 6.45) is 6.93. The molecule has 0 radical (unpaired) electrons. The molecule has 0 bridgehead atoms. The molecule has 5 N–H and O–H groups in total. The average molecular weight is 472 g/mol. The zero-order valence-corrected chi connectivity index (χ0v) is 19.3. The van der Waals surface area contributed by atoms with Gasteiger partial charge in [-0.25, -0.2) is 0 Å². The minimum absolute atomic E-state index is 0.251. The summed E-state index contributed by atoms with van der Waals surface area (Å²) < 4.78 is 0.972. The maximum absolute atomic E-state index is 9.85. The van der Waals surface area contributed by atoms with Crippen LogP contribution in [0, 0.1) is 10.8 Å². The molecule has 0 aliphatic heterocycles. The first-order valence-corrected chi connectivity index (χ1v) is 10.7. The lowest BCUT2D eigenvalue weighted by atomic mass is 9.75. The van der Waals surface area contributed by atoms with Gasteiger partial charge in [-0.3, -0.25) is 15.2 Å². The number of halogens is 1. The Labute approximate surface area is 187 Å². The number of hydrogen-bond donors (Lipinski definition) is 4. The van der Waals surface area contributed by atoms with Crippen LogP contribution in [0.3, 0.4) is 0 Å². The van der Waals surface area contributed by atoms with Gasteiger partial charge in [-0.15, -0.1) is 0 Å². The van der Waals surface area contributed by atoms with E-state index in [9.17, 15) is 4.79 Å². The Bertz CT molecular complexity index is 909. The largest absolute Gasteiger partial charge is 0.402 e. The smallest absolute Gasteiger partial charge is 0.207 e. The predicted octanol–water partition coefficient (Wildman–Crippen LogP) is 4.61. The minimum atomic E-state index is 0.251. The number of amides is 1. The number of benzene rings is 1. The lowest BCUT2D eigenvalue weighted by molar-refractivity contribution is -0.109. The van der Waals surface area contributed by atoms with E-state index in [2.05, 4.69) is 45.4 Å². The van der Waals surface area contributed by atoms with Crippen molar-refractivity contribution >= 4 is 33.7 Å². The minimum Gasteiger partial charge on any atom is -0.402 e. The molecule has 0 spiro atoms. The number of anilines is 1. The lowest BCUT2D eigenvalue weighted by Crippen LogP contribution is -2.25. The Morgan fingerprint density at radius 2 is 2.13 bits per heavy atom. The Morgan fingerprint density at radius 1 is 1.37 bits per heavy atom. The number of nitrogens with one attached hydrogen (secondary N) is 3. The van der Waals surface area contributed by atoms with Gasteiger partial charge < -0.3 is 16.4 Å². The number of allylic oxidation sites excluding steroid dienone is 2. The number of nitrogens with zero attached hydrogens (tertiary/aromatic N) is 1. The molecule has 1 aromatic heterocycles. The van der Waals surface area contributed by atoms with Gasteiger partial charge in [0.2, 0.25) is 6.41 Å². The average Bonchev–Trinajstić information content (AvgIpc) is 2.72. The molecule has 0 fully saturated rings. The van der Waals surface area contributed by atoms with Crippen molar-refractivity contribution in [1.82, 2.24) is 10.3 Å². The van der Waals surface area contributed by atoms with E-state index in [1.165, 1.54) is 0 Å². The van der Waals surface area contributed by atoms with Gasteiger partial charge in [0.25, 0.3) is 0 Å². The molecule has 1 heterocycles. The molecular weight excluding hydrogens is 442 g/mol. The van der Waals surface area contributed by atoms with E-state index in [0.29, 0.717) is 18.7 Å². The van der Waals surface area contributed by atoms with Gasteiger partial charge in [0.1, 0.15) is 0 Å². The van der Waals surface area contributed by atoms with Crippen molar-refractivity contribution in [3.8, 4) is 0 Å². The van der Waals surface area contributed by atoms with E-state index >= 15 is 0 Å². The standard InChI is InChI=1S/C16H22BrN3.C7H8N2O/c1-16(2)5-4-13(14(18)9-16)15(19)10-6-11(17)8-12(7-10)20-3;10-6-9-5-7-2-1-3-8-4-7/h6-8,19-20H,4-5,9,18H2,1-3H3;1-4,6H,5H2,(H,9,10). The van der Waals surface area contributed by atoms with Crippen LogP contribution >= 0.6 is 15.9 Å². The zero-order valence-electron chi connectivity index (χ0n) is 17.8. The van der Waals surface area contributed by atoms with Crippen LogP contribution in [0.25, 0.3) is 0 Å². The van der Waals surface area contributed by atoms with Crippen molar-refractivity contribution in [3.05, 3.63) is 69.6 Å². The SMILES string of the molecule is CNc1cc(Br)cc(C(=N)C2=C(N)CC(C)(C)CC2)c1.O=CNCc1cccnc1. The third-order valence-electron chi connectivity index (χ3n) is 5.00. The van der Waals surface area contributed by atoms with Gasteiger partial charge >= 0.3 is 0 Å². The molecule has 1 aromatic carbocycles. The summed E-state index contributed by atoms with van der Waals surface area (Å²) in [5, 5.41) is 14.1. The molecule has 7 heteroatoms. The quantitative estimate of drug-likeness (QED) is 0.364. The molecule has 1 amide bonds. The third-order valence-corrected chi connectivity index (χ3v) is 5.46. The number of rotatable bonds is 6. The molecule has 0 atom stereocenters. The summed E-state index contributed by atoms with van der Waals surface area (Å²) in [5.74, 6) is 0. The second kappa shape index (κ2) is 10.9. The Hall–Kier alpha value is -2.67. The number of aromatic nitrogens is 1. The molecule has 30 heavy (non-hydrogen) atoms. The number of pyridine rings is 1. The van der Waals surface area contributed by atoms with Crippen molar-refractivity contribution in [2.45, 2.75) is 39.7 Å². The van der Waals surface area contributed by atoms with E-state index in [1.54, 1.807) is 12.4 Å². The lowest BCUT2D eigenvalue weighted by Gasteiger charge is -2.32. The van der Waals surface area contributed by atoms with Crippen molar-refractivity contribution in [2.24, 2.45) is 11.1 Å². The molecule has 0 unspecified atom stereocenters. The Morgan fingerprint density at radius 3 is 2.73 bits per heavy atom. The van der Waals surface area contributed by atoms with E-state index in [4.69, 9.17) is 11.1 Å². The maximum atomic E-state index is 9.85. The molecule has 0 saturated heterocycles. The normalized spacial score (nSPS) is 14.9. The van der Waals surface area contributed by atoms with Gasteiger partial charge in [-0.1, -0.05) is 35.8 Å². The molecule has 3 rings (SSSR count). The second-order valence-electron chi connectivity index (χ2n) is 8.06. The van der Waals surface area contributed by atoms with E-state index < -0.39 is 0 Å². The van der Waals surface area contributed by atoms with Gasteiger partial charge in [0, 0.05) is 47.4 Å². The number of hydrogen-bond acceptors (Lipinski definition) is 5. The first-order valence-electron chi connectivity index (χ1n) is 9.87. The van der Waals surface area contributed by atoms with E-state index in [1.807, 2.05) is 37.4 Å². The highest BCUT2D eigenvalue weighted by molar-refractivity contribution is 9.10. The summed E-state index contributed by atoms with van der Waals surface area (Å²) in [5.41, 5.74) is 11.8. The van der Waals surface area contributed by atoms with Gasteiger partial charge in [0.15, 0.2) is 0 Å². The summed E-state index contributed by atoms with van der Waals surface area (Å²) >= 11 is 3.50. The zero-order chi connectivity index (χ0) is 22.1. The molecule has 6 nitrogen and oxygen atoms in total. The summed E-state index contributed by atoms with van der Waals surface area (Å²) in [6.45, 7) is 5.02. The van der Waals surface area contributed by atoms with Crippen molar-refractivity contribution in [2.75, 3.05) is 12.4 Å². The van der Waals surface area contributed by atoms with Crippen molar-refractivity contribution in [3.63, 3.8) is 0 Å². The molecule has 0 saturated carbocycles. The number of carbonyl (C=O) groups is 1. The van der Waals surface area contributed by atoms with Gasteiger partial charge in [-0.05, 0) is 60.1 Å². The predicted molar refractivity (Wildman–Crippen MR) is 127 cm³/mol. The molecular formula is C23H30BrN5O. The van der Waals surface area contributed by atoms with Gasteiger partial charge in [0.05, 0.1) is 5.71 Å². The van der Waals surface area contributed by atoms with Crippen LogP contribution < -0.4 is 16.4 Å². The van der Waals surface area contributed by atoms with Gasteiger partial charge in [-0.2, -0.15) is 0 Å². The molecule has 1 aliphatic rings. The monoisotopic (exact) mass is 471 g/mol. The van der Waals surface area contributed by atoms with Crippen LogP contribution in [0.15, 0.2) is 58.5 Å². The number of carbonyl (C=O) groups excluding carboxylic acids is 1. The summed E-state index contributed by atoms with van der Waals surface area (Å²) in [6, 6.07) is 9.71. The number of nitrogens with two attached hydrogens (primary N) is 1. The summed E-state index contributed by atoms with van der Waals surface area (Å²) in [7, 11) is 1.88. The highest BCUT2D eigenvalue weighted by Crippen LogP contribution is 2.38. The van der Waals surface area contributed by atoms with Crippen LogP contribution in [0.1, 0.15) is 44.2 Å². The fourth-order valence-electron chi connectivity index (χ4n) is 3.33. The maximum Gasteiger partial charge on any atom is 0.207 e. The van der Waals surface area contributed by atoms with Crippen LogP contribution in [0.5, 0.6) is 0 Å². The first-order chi connectivity index (χ1) is 14.3. The highest BCUT2D eigenvalue weighted by atomic mass is 79.9. The van der Waals surface area contributed by atoms with Crippen molar-refractivity contribution in [1.29, 1.82) is 5.41 Å². The Balaban J connectivity index is 0.000000269. The van der Waals surface area contributed by atoms with E-state index in [-0.39, 0.29) is 5.41 Å². The molecule has 160 valence electrons. The second-order valence-corrected chi connectivity index (χ2v) is 8.97. The molecule has 1 aliphatic carbocycles. The van der Waals surface area contributed by atoms with Crippen LogP contribution in [-0.2, 0) is 11.3 Å². The summed E-state index contributed by atoms with van der Waals surface area (Å²) in [4.78, 5) is 13.7. The van der Waals surface area contributed by atoms with Crippen molar-refractivity contribution < 1.29 is 4.79 Å².